The van der Waals surface area contributed by atoms with E-state index >= 15 is 0 Å². The summed E-state index contributed by atoms with van der Waals surface area (Å²) in [4.78, 5) is 31.5. The van der Waals surface area contributed by atoms with Gasteiger partial charge < -0.3 is 44.9 Å². The number of hydrogen-bond donors (Lipinski definition) is 4. The predicted octanol–water partition coefficient (Wildman–Crippen LogP) is -5.36. The van der Waals surface area contributed by atoms with Gasteiger partial charge in [-0.25, -0.2) is 0 Å². The molecule has 1 aliphatic heterocycles. The molecule has 1 heterocycles. The summed E-state index contributed by atoms with van der Waals surface area (Å²) >= 11 is 0. The van der Waals surface area contributed by atoms with Gasteiger partial charge in [-0.3, -0.25) is 4.79 Å². The molecule has 0 aromatic carbocycles. The molecule has 1 saturated heterocycles. The highest BCUT2D eigenvalue weighted by molar-refractivity contribution is 7.43. The first kappa shape index (κ1) is 15.5. The number of carbonyl (C=O) groups excluding carboxylic acids is 1. The summed E-state index contributed by atoms with van der Waals surface area (Å²) in [5, 5.41) is 21.2. The first-order valence-electron chi connectivity index (χ1n) is 5.01. The zero-order chi connectivity index (χ0) is 13.9. The summed E-state index contributed by atoms with van der Waals surface area (Å²) in [6, 6.07) is 0. The summed E-state index contributed by atoms with van der Waals surface area (Å²) < 4.78 is 19.2. The predicted molar refractivity (Wildman–Crippen MR) is 50.1 cm³/mol. The molecule has 10 nitrogen and oxygen atoms in total. The van der Waals surface area contributed by atoms with Crippen molar-refractivity contribution in [2.24, 2.45) is 0 Å². The normalized spacial score (nSPS) is 32.5. The smallest absolute Gasteiger partial charge is 0.277 e. The second-order valence-corrected chi connectivity index (χ2v) is 4.79. The van der Waals surface area contributed by atoms with E-state index in [4.69, 9.17) is 4.74 Å². The topological polar surface area (TPSA) is 179 Å². The largest absolute Gasteiger partial charge is 0.790 e. The van der Waals surface area contributed by atoms with E-state index in [9.17, 15) is 29.4 Å². The van der Waals surface area contributed by atoms with Gasteiger partial charge in [-0.2, -0.15) is 0 Å². The van der Waals surface area contributed by atoms with E-state index in [1.165, 1.54) is 0 Å². The van der Waals surface area contributed by atoms with Gasteiger partial charge in [0, 0.05) is 0 Å². The summed E-state index contributed by atoms with van der Waals surface area (Å²) in [6.45, 7) is -0.834. The van der Waals surface area contributed by atoms with Crippen LogP contribution < -0.4 is 20.8 Å². The van der Waals surface area contributed by atoms with Crippen LogP contribution in [0.5, 0.6) is 0 Å². The van der Waals surface area contributed by atoms with Crippen molar-refractivity contribution in [1.29, 1.82) is 0 Å². The number of quaternary nitrogens is 1. The standard InChI is InChI=1S/C7H15N2O8P/c8-1-4(10)9-7-6(12)5(11)3(17-7)2-16-18(13,14)15/h3,5-7,11-12H,1-2,8H2,(H,9,10)(H2,13,14,15)/p-1/t3-,5-,6-,7?/m1/s1. The van der Waals surface area contributed by atoms with Gasteiger partial charge in [0.05, 0.1) is 14.4 Å². The van der Waals surface area contributed by atoms with Crippen molar-refractivity contribution in [2.45, 2.75) is 24.5 Å². The molecule has 4 atom stereocenters. The summed E-state index contributed by atoms with van der Waals surface area (Å²) in [5.41, 5.74) is 3.30. The molecule has 0 bridgehead atoms. The van der Waals surface area contributed by atoms with Gasteiger partial charge in [0.1, 0.15) is 18.3 Å². The average molecular weight is 285 g/mol. The molecule has 0 spiro atoms. The van der Waals surface area contributed by atoms with Gasteiger partial charge in [-0.05, 0) is 0 Å². The van der Waals surface area contributed by atoms with Crippen molar-refractivity contribution < 1.29 is 44.4 Å². The molecule has 1 rings (SSSR count). The quantitative estimate of drug-likeness (QED) is 0.361. The highest BCUT2D eigenvalue weighted by atomic mass is 31.2. The van der Waals surface area contributed by atoms with Crippen LogP contribution in [-0.4, -0.2) is 53.8 Å². The average Bonchev–Trinajstić information content (AvgIpc) is 2.53. The SMILES string of the molecule is [NH3+]CC(=O)NC1O[C@H](COP(=O)([O-])[O-])[C@@H](O)[C@H]1O. The van der Waals surface area contributed by atoms with Crippen LogP contribution in [0.25, 0.3) is 0 Å². The lowest BCUT2D eigenvalue weighted by molar-refractivity contribution is -0.355. The number of nitrogens with one attached hydrogen (secondary N) is 1. The van der Waals surface area contributed by atoms with Gasteiger partial charge in [-0.15, -0.1) is 0 Å². The maximum Gasteiger partial charge on any atom is 0.277 e. The highest BCUT2D eigenvalue weighted by Gasteiger charge is 2.43. The molecule has 1 unspecified atom stereocenters. The van der Waals surface area contributed by atoms with Crippen LogP contribution >= 0.6 is 7.82 Å². The molecular weight excluding hydrogens is 271 g/mol. The minimum absolute atomic E-state index is 0.0971. The van der Waals surface area contributed by atoms with Gasteiger partial charge in [-0.1, -0.05) is 0 Å². The van der Waals surface area contributed by atoms with Gasteiger partial charge >= 0.3 is 0 Å². The van der Waals surface area contributed by atoms with Crippen LogP contribution in [0, 0.1) is 0 Å². The zero-order valence-corrected chi connectivity index (χ0v) is 10.1. The molecule has 0 aromatic rings. The number of hydrogen-bond acceptors (Lipinski definition) is 8. The van der Waals surface area contributed by atoms with Crippen LogP contribution in [0.15, 0.2) is 0 Å². The first-order chi connectivity index (χ1) is 8.24. The van der Waals surface area contributed by atoms with Crippen LogP contribution in [-0.2, 0) is 18.6 Å². The van der Waals surface area contributed by atoms with Crippen molar-refractivity contribution >= 4 is 13.7 Å². The Morgan fingerprint density at radius 1 is 1.44 bits per heavy atom. The lowest BCUT2D eigenvalue weighted by Crippen LogP contribution is -2.59. The fourth-order valence-corrected chi connectivity index (χ4v) is 1.73. The van der Waals surface area contributed by atoms with Gasteiger partial charge in [0.15, 0.2) is 12.8 Å². The number of aliphatic hydroxyl groups excluding tert-OH is 2. The van der Waals surface area contributed by atoms with Crippen LogP contribution in [0.4, 0.5) is 0 Å². The van der Waals surface area contributed by atoms with E-state index in [1.807, 2.05) is 0 Å². The molecule has 1 aliphatic rings. The van der Waals surface area contributed by atoms with E-state index < -0.39 is 44.9 Å². The molecule has 1 amide bonds. The molecule has 0 aliphatic carbocycles. The van der Waals surface area contributed by atoms with Gasteiger partial charge in [0.25, 0.3) is 5.91 Å². The number of ether oxygens (including phenoxy) is 1. The minimum Gasteiger partial charge on any atom is -0.790 e. The molecule has 6 N–H and O–H groups in total. The molecule has 0 saturated carbocycles. The Hall–Kier alpha value is -0.580. The Labute approximate surface area is 102 Å². The van der Waals surface area contributed by atoms with Crippen LogP contribution in [0.1, 0.15) is 0 Å². The number of aliphatic hydroxyl groups is 2. The Bertz CT molecular complexity index is 346. The Kier molecular flexibility index (Phi) is 5.20. The Morgan fingerprint density at radius 2 is 2.06 bits per heavy atom. The van der Waals surface area contributed by atoms with Crippen molar-refractivity contribution in [3.05, 3.63) is 0 Å². The fourth-order valence-electron chi connectivity index (χ4n) is 1.40. The Morgan fingerprint density at radius 3 is 2.56 bits per heavy atom. The summed E-state index contributed by atoms with van der Waals surface area (Å²) in [7, 11) is -5.19. The third-order valence-electron chi connectivity index (χ3n) is 2.29. The molecule has 1 fully saturated rings. The molecular formula is C7H14N2O8P-. The van der Waals surface area contributed by atoms with Crippen molar-refractivity contribution in [3.63, 3.8) is 0 Å². The van der Waals surface area contributed by atoms with Crippen molar-refractivity contribution in [3.8, 4) is 0 Å². The zero-order valence-electron chi connectivity index (χ0n) is 9.22. The number of carbonyl (C=O) groups is 1. The fraction of sp³-hybridized carbons (Fsp3) is 0.857. The second kappa shape index (κ2) is 6.04. The molecule has 11 heteroatoms. The lowest BCUT2D eigenvalue weighted by Gasteiger charge is -2.30. The molecule has 106 valence electrons. The number of phosphoric ester groups is 1. The highest BCUT2D eigenvalue weighted by Crippen LogP contribution is 2.28. The third-order valence-corrected chi connectivity index (χ3v) is 2.75. The minimum atomic E-state index is -5.19. The second-order valence-electron chi connectivity index (χ2n) is 3.64. The maximum atomic E-state index is 11.0. The summed E-state index contributed by atoms with van der Waals surface area (Å²) in [5.74, 6) is -0.522. The molecule has 0 aromatic heterocycles. The van der Waals surface area contributed by atoms with Crippen LogP contribution in [0.2, 0.25) is 0 Å². The third kappa shape index (κ3) is 4.26. The van der Waals surface area contributed by atoms with Crippen molar-refractivity contribution in [1.82, 2.24) is 5.32 Å². The van der Waals surface area contributed by atoms with E-state index in [0.29, 0.717) is 0 Å². The van der Waals surface area contributed by atoms with E-state index in [1.54, 1.807) is 0 Å². The van der Waals surface area contributed by atoms with Gasteiger partial charge in [0.2, 0.25) is 0 Å². The molecule has 0 radical (unpaired) electrons. The van der Waals surface area contributed by atoms with E-state index in [-0.39, 0.29) is 6.54 Å². The maximum absolute atomic E-state index is 11.0. The van der Waals surface area contributed by atoms with E-state index in [0.717, 1.165) is 0 Å². The van der Waals surface area contributed by atoms with Crippen LogP contribution in [0.3, 0.4) is 0 Å². The monoisotopic (exact) mass is 285 g/mol. The Balaban J connectivity index is 2.53. The van der Waals surface area contributed by atoms with Crippen molar-refractivity contribution in [2.75, 3.05) is 13.2 Å². The number of rotatable bonds is 5. The lowest BCUT2D eigenvalue weighted by atomic mass is 10.1. The van der Waals surface area contributed by atoms with E-state index in [2.05, 4.69) is 15.6 Å². The number of amides is 1. The summed E-state index contributed by atoms with van der Waals surface area (Å²) in [6.07, 6.45) is -5.37. The first-order valence-corrected chi connectivity index (χ1v) is 6.47. The number of phosphoric acid groups is 1. The molecule has 18 heavy (non-hydrogen) atoms.